The van der Waals surface area contributed by atoms with E-state index in [4.69, 9.17) is 14.2 Å². The highest BCUT2D eigenvalue weighted by molar-refractivity contribution is 5.70. The Morgan fingerprint density at radius 2 is 0.800 bits per heavy atom. The molecular weight excluding hydrogens is 691 g/mol. The van der Waals surface area contributed by atoms with Gasteiger partial charge in [-0.05, 0) is 12.8 Å². The molecule has 0 heterocycles. The van der Waals surface area contributed by atoms with E-state index in [0.717, 1.165) is 38.5 Å². The van der Waals surface area contributed by atoms with Crippen LogP contribution in [0.4, 0.5) is 0 Å². The topological polar surface area (TPSA) is 102 Å². The first-order chi connectivity index (χ1) is 26.6. The minimum atomic E-state index is -1.12. The lowest BCUT2D eigenvalue weighted by Gasteiger charge is -2.34. The Balaban J connectivity index is 4.20. The minimum Gasteiger partial charge on any atom is -0.544 e. The first kappa shape index (κ1) is 53.3. The van der Waals surface area contributed by atoms with Gasteiger partial charge >= 0.3 is 11.9 Å². The average molecular weight is 782 g/mol. The number of hydrogen-bond donors (Lipinski definition) is 0. The van der Waals surface area contributed by atoms with Gasteiger partial charge in [-0.2, -0.15) is 0 Å². The summed E-state index contributed by atoms with van der Waals surface area (Å²) in [7, 11) is 5.42. The van der Waals surface area contributed by atoms with Crippen molar-refractivity contribution < 1.29 is 38.2 Å². The van der Waals surface area contributed by atoms with E-state index in [2.05, 4.69) is 13.8 Å². The van der Waals surface area contributed by atoms with E-state index in [9.17, 15) is 19.5 Å². The fraction of sp³-hybridized carbons (Fsp3) is 0.936. The van der Waals surface area contributed by atoms with E-state index >= 15 is 0 Å². The zero-order valence-corrected chi connectivity index (χ0v) is 37.1. The maximum Gasteiger partial charge on any atom is 0.306 e. The number of ether oxygens (including phenoxy) is 3. The van der Waals surface area contributed by atoms with Gasteiger partial charge in [0.05, 0.1) is 40.3 Å². The molecule has 0 amide bonds. The third kappa shape index (κ3) is 37.7. The highest BCUT2D eigenvalue weighted by Crippen LogP contribution is 2.16. The third-order valence-electron chi connectivity index (χ3n) is 11.0. The first-order valence-electron chi connectivity index (χ1n) is 23.6. The zero-order valence-electron chi connectivity index (χ0n) is 37.1. The van der Waals surface area contributed by atoms with Crippen LogP contribution >= 0.6 is 0 Å². The lowest BCUT2D eigenvalue weighted by molar-refractivity contribution is -0.889. The van der Waals surface area contributed by atoms with Gasteiger partial charge in [0.15, 0.2) is 6.10 Å². The van der Waals surface area contributed by atoms with Crippen molar-refractivity contribution in [2.45, 2.75) is 244 Å². The second kappa shape index (κ2) is 39.2. The van der Waals surface area contributed by atoms with E-state index in [-0.39, 0.29) is 42.7 Å². The molecular formula is C47H91NO7. The third-order valence-corrected chi connectivity index (χ3v) is 11.0. The minimum absolute atomic E-state index is 0.0492. The fourth-order valence-corrected chi connectivity index (χ4v) is 7.31. The van der Waals surface area contributed by atoms with Crippen LogP contribution in [0.2, 0.25) is 0 Å². The lowest BCUT2D eigenvalue weighted by atomic mass is 10.0. The molecule has 0 bridgehead atoms. The van der Waals surface area contributed by atoms with E-state index < -0.39 is 18.1 Å². The first-order valence-corrected chi connectivity index (χ1v) is 23.6. The summed E-state index contributed by atoms with van der Waals surface area (Å²) in [5.74, 6) is -1.71. The summed E-state index contributed by atoms with van der Waals surface area (Å²) in [4.78, 5) is 36.8. The average Bonchev–Trinajstić information content (AvgIpc) is 3.14. The quantitative estimate of drug-likeness (QED) is 0.0345. The molecule has 326 valence electrons. The van der Waals surface area contributed by atoms with Crippen molar-refractivity contribution in [2.24, 2.45) is 0 Å². The molecule has 0 aliphatic carbocycles. The molecule has 0 saturated carbocycles. The standard InChI is InChI=1S/C47H91NO7/c1-6-8-10-12-14-16-18-19-20-21-22-23-24-25-26-28-30-32-34-36-38-46(50)55-43(41-53-40-39-44(47(51)52)48(3,4)5)42-54-45(49)37-35-33-31-29-27-17-15-13-11-9-7-2/h43-44H,6-42H2,1-5H3. The Morgan fingerprint density at radius 3 is 1.13 bits per heavy atom. The predicted molar refractivity (Wildman–Crippen MR) is 227 cm³/mol. The van der Waals surface area contributed by atoms with Gasteiger partial charge in [-0.3, -0.25) is 9.59 Å². The largest absolute Gasteiger partial charge is 0.544 e. The highest BCUT2D eigenvalue weighted by Gasteiger charge is 2.25. The SMILES string of the molecule is CCCCCCCCCCCCCCCCCCCCCCC(=O)OC(COCCC(C(=O)[O-])[N+](C)(C)C)COC(=O)CCCCCCCCCCCCC. The maximum absolute atomic E-state index is 12.7. The van der Waals surface area contributed by atoms with Gasteiger partial charge in [0, 0.05) is 19.3 Å². The Labute approximate surface area is 340 Å². The Morgan fingerprint density at radius 1 is 0.473 bits per heavy atom. The molecule has 8 nitrogen and oxygen atoms in total. The zero-order chi connectivity index (χ0) is 40.7. The van der Waals surface area contributed by atoms with Crippen LogP contribution in [0.5, 0.6) is 0 Å². The van der Waals surface area contributed by atoms with Crippen molar-refractivity contribution >= 4 is 17.9 Å². The van der Waals surface area contributed by atoms with Crippen molar-refractivity contribution in [3.63, 3.8) is 0 Å². The second-order valence-corrected chi connectivity index (χ2v) is 17.4. The van der Waals surface area contributed by atoms with Crippen molar-refractivity contribution in [3.05, 3.63) is 0 Å². The van der Waals surface area contributed by atoms with Gasteiger partial charge in [0.1, 0.15) is 12.6 Å². The normalized spacial score (nSPS) is 12.8. The second-order valence-electron chi connectivity index (χ2n) is 17.4. The number of rotatable bonds is 43. The van der Waals surface area contributed by atoms with Gasteiger partial charge < -0.3 is 28.6 Å². The summed E-state index contributed by atoms with van der Waals surface area (Å²) >= 11 is 0. The van der Waals surface area contributed by atoms with Crippen LogP contribution < -0.4 is 5.11 Å². The fourth-order valence-electron chi connectivity index (χ4n) is 7.31. The smallest absolute Gasteiger partial charge is 0.306 e. The van der Waals surface area contributed by atoms with Crippen LogP contribution in [0.3, 0.4) is 0 Å². The molecule has 0 aliphatic rings. The molecule has 0 radical (unpaired) electrons. The number of unbranched alkanes of at least 4 members (excludes halogenated alkanes) is 29. The molecule has 0 aromatic heterocycles. The van der Waals surface area contributed by atoms with Gasteiger partial charge in [-0.15, -0.1) is 0 Å². The number of quaternary nitrogens is 1. The summed E-state index contributed by atoms with van der Waals surface area (Å²) < 4.78 is 17.2. The van der Waals surface area contributed by atoms with Crippen LogP contribution in [0.1, 0.15) is 232 Å². The van der Waals surface area contributed by atoms with Crippen molar-refractivity contribution in [2.75, 3.05) is 41.0 Å². The van der Waals surface area contributed by atoms with Crippen LogP contribution in [0.15, 0.2) is 0 Å². The molecule has 0 aliphatic heterocycles. The molecule has 2 unspecified atom stereocenters. The van der Waals surface area contributed by atoms with Gasteiger partial charge in [-0.25, -0.2) is 0 Å². The molecule has 0 aromatic rings. The van der Waals surface area contributed by atoms with E-state index in [1.54, 1.807) is 21.1 Å². The van der Waals surface area contributed by atoms with E-state index in [1.165, 1.54) is 161 Å². The van der Waals surface area contributed by atoms with E-state index in [0.29, 0.717) is 12.8 Å². The Bertz CT molecular complexity index is 874. The van der Waals surface area contributed by atoms with Crippen LogP contribution in [0.25, 0.3) is 0 Å². The van der Waals surface area contributed by atoms with Crippen LogP contribution in [-0.4, -0.2) is 75.5 Å². The molecule has 0 spiro atoms. The molecule has 0 N–H and O–H groups in total. The Kier molecular flexibility index (Phi) is 38.0. The van der Waals surface area contributed by atoms with Crippen molar-refractivity contribution in [3.8, 4) is 0 Å². The number of nitrogens with zero attached hydrogens (tertiary/aromatic N) is 1. The molecule has 55 heavy (non-hydrogen) atoms. The summed E-state index contributed by atoms with van der Waals surface area (Å²) in [6, 6.07) is -0.719. The number of carboxylic acids is 1. The number of aliphatic carboxylic acids is 1. The van der Waals surface area contributed by atoms with Gasteiger partial charge in [-0.1, -0.05) is 200 Å². The molecule has 2 atom stereocenters. The summed E-state index contributed by atoms with van der Waals surface area (Å²) in [5.41, 5.74) is 0. The Hall–Kier alpha value is -1.67. The van der Waals surface area contributed by atoms with Crippen molar-refractivity contribution in [1.82, 2.24) is 0 Å². The predicted octanol–water partition coefficient (Wildman–Crippen LogP) is 11.6. The molecule has 0 saturated heterocycles. The van der Waals surface area contributed by atoms with Gasteiger partial charge in [0.25, 0.3) is 0 Å². The number of carbonyl (C=O) groups is 3. The highest BCUT2D eigenvalue weighted by atomic mass is 16.6. The number of carboxylic acid groups (broad SMARTS) is 1. The maximum atomic E-state index is 12.7. The van der Waals surface area contributed by atoms with Crippen LogP contribution in [0, 0.1) is 0 Å². The van der Waals surface area contributed by atoms with Gasteiger partial charge in [0.2, 0.25) is 0 Å². The molecule has 8 heteroatoms. The summed E-state index contributed by atoms with van der Waals surface area (Å²) in [5, 5.41) is 11.6. The number of esters is 2. The summed E-state index contributed by atoms with van der Waals surface area (Å²) in [6.07, 6.45) is 39.8. The number of likely N-dealkylation sites (N-methyl/N-ethyl adjacent to an activating group) is 1. The van der Waals surface area contributed by atoms with Crippen molar-refractivity contribution in [1.29, 1.82) is 0 Å². The molecule has 0 fully saturated rings. The monoisotopic (exact) mass is 782 g/mol. The molecule has 0 aromatic carbocycles. The van der Waals surface area contributed by atoms with E-state index in [1.807, 2.05) is 0 Å². The number of carbonyl (C=O) groups excluding carboxylic acids is 3. The number of hydrogen-bond acceptors (Lipinski definition) is 7. The summed E-state index contributed by atoms with van der Waals surface area (Å²) in [6.45, 7) is 4.70. The lowest BCUT2D eigenvalue weighted by Crippen LogP contribution is -2.55. The molecule has 0 rings (SSSR count). The van der Waals surface area contributed by atoms with Crippen LogP contribution in [-0.2, 0) is 28.6 Å².